The van der Waals surface area contributed by atoms with Crippen LogP contribution in [0.1, 0.15) is 0 Å². The second-order valence-corrected chi connectivity index (χ2v) is 0.530. The molecule has 3 heteroatoms. The van der Waals surface area contributed by atoms with Crippen LogP contribution in [0, 0.1) is 0 Å². The average molecular weight is 243 g/mol. The average Bonchev–Trinajstić information content (AvgIpc) is 1.37. The van der Waals surface area contributed by atoms with Gasteiger partial charge >= 0.3 is 0 Å². The van der Waals surface area contributed by atoms with E-state index in [-0.39, 0.29) is 21.1 Å². The Hall–Kier alpha value is 0.608. The van der Waals surface area contributed by atoms with Gasteiger partial charge in [0, 0.05) is 21.1 Å². The van der Waals surface area contributed by atoms with Crippen LogP contribution in [0.5, 0.6) is 0 Å². The van der Waals surface area contributed by atoms with Crippen molar-refractivity contribution >= 4 is 0 Å². The molecule has 0 aromatic heterocycles. The molecule has 0 aliphatic carbocycles. The quantitative estimate of drug-likeness (QED) is 0.702. The van der Waals surface area contributed by atoms with E-state index < -0.39 is 0 Å². The van der Waals surface area contributed by atoms with Crippen LogP contribution >= 0.6 is 0 Å². The molecule has 0 heterocycles. The summed E-state index contributed by atoms with van der Waals surface area (Å²) >= 11 is 0. The van der Waals surface area contributed by atoms with Crippen molar-refractivity contribution in [3.8, 4) is 0 Å². The standard InChI is InChI=1S/C2H7N2.W/c1-4-2-3;/h3-4H,2H2,1H3;/q-1;. The zero-order valence-electron chi connectivity index (χ0n) is 3.12. The molecule has 0 atom stereocenters. The van der Waals surface area contributed by atoms with Crippen LogP contribution in [0.3, 0.4) is 0 Å². The minimum Gasteiger partial charge on any atom is -0.665 e. The first-order valence-corrected chi connectivity index (χ1v) is 1.21. The first-order valence-electron chi connectivity index (χ1n) is 1.21. The molecule has 2 N–H and O–H groups in total. The van der Waals surface area contributed by atoms with Crippen molar-refractivity contribution in [2.45, 2.75) is 0 Å². The molecule has 0 aliphatic heterocycles. The van der Waals surface area contributed by atoms with Crippen molar-refractivity contribution in [1.29, 1.82) is 0 Å². The molecule has 0 radical (unpaired) electrons. The Morgan fingerprint density at radius 2 is 2.00 bits per heavy atom. The van der Waals surface area contributed by atoms with E-state index in [2.05, 4.69) is 5.32 Å². The predicted molar refractivity (Wildman–Crippen MR) is 18.2 cm³/mol. The summed E-state index contributed by atoms with van der Waals surface area (Å²) in [5.41, 5.74) is 6.34. The van der Waals surface area contributed by atoms with E-state index in [4.69, 9.17) is 5.73 Å². The maximum absolute atomic E-state index is 6.34. The molecule has 0 saturated carbocycles. The summed E-state index contributed by atoms with van der Waals surface area (Å²) in [6.07, 6.45) is 0. The molecular weight excluding hydrogens is 236 g/mol. The minimum absolute atomic E-state index is 0. The van der Waals surface area contributed by atoms with Gasteiger partial charge in [0.1, 0.15) is 0 Å². The van der Waals surface area contributed by atoms with Gasteiger partial charge in [-0.1, -0.05) is 0 Å². The van der Waals surface area contributed by atoms with Gasteiger partial charge < -0.3 is 11.1 Å². The van der Waals surface area contributed by atoms with Gasteiger partial charge in [-0.3, -0.25) is 0 Å². The van der Waals surface area contributed by atoms with Gasteiger partial charge in [-0.25, -0.2) is 0 Å². The second kappa shape index (κ2) is 8.82. The summed E-state index contributed by atoms with van der Waals surface area (Å²) in [4.78, 5) is 0. The third-order valence-electron chi connectivity index (χ3n) is 0.177. The Labute approximate surface area is 46.4 Å². The Kier molecular flexibility index (Phi) is 16.1. The summed E-state index contributed by atoms with van der Waals surface area (Å²) in [6, 6.07) is 0. The van der Waals surface area contributed by atoms with E-state index in [0.29, 0.717) is 6.67 Å². The molecule has 0 saturated heterocycles. The second-order valence-electron chi connectivity index (χ2n) is 0.530. The SMILES string of the molecule is CNC[NH-].[W]. The molecule has 32 valence electrons. The van der Waals surface area contributed by atoms with Gasteiger partial charge in [-0.2, -0.15) is 0 Å². The number of rotatable bonds is 1. The first-order chi connectivity index (χ1) is 1.91. The van der Waals surface area contributed by atoms with E-state index >= 15 is 0 Å². The zero-order chi connectivity index (χ0) is 3.41. The van der Waals surface area contributed by atoms with Gasteiger partial charge in [0.2, 0.25) is 0 Å². The molecule has 0 spiro atoms. The Bertz CT molecular complexity index is 9.61. The molecule has 0 aliphatic rings. The summed E-state index contributed by atoms with van der Waals surface area (Å²) in [5.74, 6) is 0. The Balaban J connectivity index is 0. The number of hydrogen-bond donors (Lipinski definition) is 1. The summed E-state index contributed by atoms with van der Waals surface area (Å²) in [7, 11) is 1.74. The zero-order valence-corrected chi connectivity index (χ0v) is 6.05. The summed E-state index contributed by atoms with van der Waals surface area (Å²) in [6.45, 7) is 0.319. The van der Waals surface area contributed by atoms with Gasteiger partial charge in [-0.15, -0.1) is 6.67 Å². The largest absolute Gasteiger partial charge is 0.665 e. The van der Waals surface area contributed by atoms with Crippen LogP contribution in [0.2, 0.25) is 0 Å². The first kappa shape index (κ1) is 9.15. The molecule has 0 amide bonds. The van der Waals surface area contributed by atoms with Crippen molar-refractivity contribution in [2.24, 2.45) is 0 Å². The van der Waals surface area contributed by atoms with Crippen LogP contribution in [0.15, 0.2) is 0 Å². The van der Waals surface area contributed by atoms with Gasteiger partial charge in [0.25, 0.3) is 0 Å². The molecule has 5 heavy (non-hydrogen) atoms. The van der Waals surface area contributed by atoms with Crippen LogP contribution in [0.25, 0.3) is 5.73 Å². The molecule has 0 fully saturated rings. The third kappa shape index (κ3) is 12.1. The van der Waals surface area contributed by atoms with Crippen molar-refractivity contribution in [3.63, 3.8) is 0 Å². The Morgan fingerprint density at radius 1 is 1.80 bits per heavy atom. The molecule has 0 unspecified atom stereocenters. The molecule has 0 aromatic carbocycles. The van der Waals surface area contributed by atoms with Crippen molar-refractivity contribution < 1.29 is 21.1 Å². The monoisotopic (exact) mass is 243 g/mol. The van der Waals surface area contributed by atoms with Crippen LogP contribution in [-0.4, -0.2) is 13.7 Å². The van der Waals surface area contributed by atoms with Gasteiger partial charge in [0.15, 0.2) is 0 Å². The van der Waals surface area contributed by atoms with Crippen LogP contribution in [0.4, 0.5) is 0 Å². The van der Waals surface area contributed by atoms with E-state index in [1.165, 1.54) is 0 Å². The third-order valence-corrected chi connectivity index (χ3v) is 0.177. The maximum atomic E-state index is 6.34. The molecule has 0 bridgehead atoms. The minimum atomic E-state index is 0. The summed E-state index contributed by atoms with van der Waals surface area (Å²) < 4.78 is 0. The fourth-order valence-corrected chi connectivity index (χ4v) is 0. The van der Waals surface area contributed by atoms with Crippen LogP contribution < -0.4 is 5.32 Å². The normalized spacial score (nSPS) is 6.00. The fourth-order valence-electron chi connectivity index (χ4n) is 0. The number of hydrogen-bond acceptors (Lipinski definition) is 1. The maximum Gasteiger partial charge on any atom is 0 e. The van der Waals surface area contributed by atoms with Crippen molar-refractivity contribution in [1.82, 2.24) is 5.32 Å². The summed E-state index contributed by atoms with van der Waals surface area (Å²) in [5, 5.41) is 2.60. The number of nitrogens with one attached hydrogen (secondary N) is 2. The van der Waals surface area contributed by atoms with Crippen molar-refractivity contribution in [3.05, 3.63) is 5.73 Å². The predicted octanol–water partition coefficient (Wildman–Crippen LogP) is 0.213. The topological polar surface area (TPSA) is 35.8 Å². The van der Waals surface area contributed by atoms with Crippen LogP contribution in [-0.2, 0) is 21.1 Å². The smallest absolute Gasteiger partial charge is 0 e. The Morgan fingerprint density at radius 3 is 2.00 bits per heavy atom. The van der Waals surface area contributed by atoms with E-state index in [9.17, 15) is 0 Å². The van der Waals surface area contributed by atoms with Gasteiger partial charge in [-0.05, 0) is 7.05 Å². The van der Waals surface area contributed by atoms with E-state index in [0.717, 1.165) is 0 Å². The van der Waals surface area contributed by atoms with Crippen molar-refractivity contribution in [2.75, 3.05) is 13.7 Å². The van der Waals surface area contributed by atoms with Gasteiger partial charge in [0.05, 0.1) is 0 Å². The molecule has 0 aromatic rings. The molecule has 2 nitrogen and oxygen atoms in total. The van der Waals surface area contributed by atoms with E-state index in [1.807, 2.05) is 0 Å². The molecule has 0 rings (SSSR count). The van der Waals surface area contributed by atoms with E-state index in [1.54, 1.807) is 7.05 Å². The molecular formula is C2H7N2W-. The fraction of sp³-hybridized carbons (Fsp3) is 1.00.